The van der Waals surface area contributed by atoms with Gasteiger partial charge in [0.15, 0.2) is 0 Å². The lowest BCUT2D eigenvalue weighted by Gasteiger charge is -2.04. The second kappa shape index (κ2) is 16.6. The first-order valence-corrected chi connectivity index (χ1v) is 11.6. The largest absolute Gasteiger partial charge is 0.329 e. The van der Waals surface area contributed by atoms with Crippen LogP contribution >= 0.6 is 15.2 Å². The molecule has 0 aliphatic rings. The first kappa shape index (κ1) is 26.4. The minimum absolute atomic E-state index is 0.150. The molecule has 0 spiro atoms. The predicted octanol–water partition coefficient (Wildman–Crippen LogP) is -1.01. The molecule has 24 heavy (non-hydrogen) atoms. The van der Waals surface area contributed by atoms with E-state index in [9.17, 15) is 9.13 Å². The topological polar surface area (TPSA) is 191 Å². The highest BCUT2D eigenvalue weighted by molar-refractivity contribution is 7.52. The van der Waals surface area contributed by atoms with Crippen molar-refractivity contribution < 1.29 is 28.7 Å². The second-order valence-corrected chi connectivity index (χ2v) is 8.82. The van der Waals surface area contributed by atoms with Gasteiger partial charge in [-0.2, -0.15) is 0 Å². The van der Waals surface area contributed by atoms with Crippen molar-refractivity contribution in [3.8, 4) is 0 Å². The molecule has 0 aliphatic carbocycles. The highest BCUT2D eigenvalue weighted by atomic mass is 31.2. The van der Waals surface area contributed by atoms with Gasteiger partial charge in [-0.25, -0.2) is 0 Å². The fourth-order valence-corrected chi connectivity index (χ4v) is 2.89. The van der Waals surface area contributed by atoms with Gasteiger partial charge in [0.1, 0.15) is 0 Å². The summed E-state index contributed by atoms with van der Waals surface area (Å²) in [5.41, 5.74) is 10.5. The predicted molar refractivity (Wildman–Crippen MR) is 96.1 cm³/mol. The van der Waals surface area contributed by atoms with Gasteiger partial charge in [-0.1, -0.05) is 12.8 Å². The maximum Gasteiger partial charge on any atom is 0.325 e. The van der Waals surface area contributed by atoms with Gasteiger partial charge in [-0.3, -0.25) is 9.13 Å². The van der Waals surface area contributed by atoms with Crippen molar-refractivity contribution in [1.29, 1.82) is 0 Å². The van der Waals surface area contributed by atoms with Crippen LogP contribution in [0.3, 0.4) is 0 Å². The summed E-state index contributed by atoms with van der Waals surface area (Å²) in [6, 6.07) is 0. The summed E-state index contributed by atoms with van der Waals surface area (Å²) in [5, 5.41) is 6.33. The van der Waals surface area contributed by atoms with Gasteiger partial charge in [0.25, 0.3) is 0 Å². The van der Waals surface area contributed by atoms with Crippen molar-refractivity contribution in [2.24, 2.45) is 11.5 Å². The third-order valence-corrected chi connectivity index (χ3v) is 4.57. The van der Waals surface area contributed by atoms with Gasteiger partial charge in [0.2, 0.25) is 0 Å². The lowest BCUT2D eigenvalue weighted by molar-refractivity contribution is 0.366. The highest BCUT2D eigenvalue weighted by Crippen LogP contribution is 2.37. The van der Waals surface area contributed by atoms with Crippen LogP contribution in [0.2, 0.25) is 0 Å². The zero-order valence-electron chi connectivity index (χ0n) is 14.1. The van der Waals surface area contributed by atoms with Crippen LogP contribution < -0.4 is 22.1 Å². The van der Waals surface area contributed by atoms with Crippen molar-refractivity contribution in [2.45, 2.75) is 25.7 Å². The molecule has 148 valence electrons. The normalized spacial score (nSPS) is 11.9. The summed E-state index contributed by atoms with van der Waals surface area (Å²) in [6.07, 6.45) is 1.67. The van der Waals surface area contributed by atoms with E-state index in [4.69, 9.17) is 31.0 Å². The third-order valence-electron chi connectivity index (χ3n) is 2.77. The van der Waals surface area contributed by atoms with Crippen molar-refractivity contribution in [2.75, 3.05) is 51.6 Å². The van der Waals surface area contributed by atoms with Crippen molar-refractivity contribution in [1.82, 2.24) is 10.6 Å². The molecule has 0 saturated heterocycles. The summed E-state index contributed by atoms with van der Waals surface area (Å²) in [5.74, 6) is 0. The van der Waals surface area contributed by atoms with E-state index in [1.54, 1.807) is 0 Å². The molecular formula is C12H34N4O6P2. The third kappa shape index (κ3) is 30.1. The quantitative estimate of drug-likeness (QED) is 0.134. The molecule has 10 nitrogen and oxygen atoms in total. The maximum absolute atomic E-state index is 10.4. The molecule has 0 bridgehead atoms. The van der Waals surface area contributed by atoms with Crippen LogP contribution in [0, 0.1) is 0 Å². The second-order valence-electron chi connectivity index (χ2n) is 5.27. The Kier molecular flexibility index (Phi) is 18.2. The standard InChI is InChI=1S/C6H18N4.C6H16O6P2/c7-1-3-9-5-6-10-4-2-8;7-13(8,9)5-3-1-2-4-6-14(10,11)12/h9-10H,1-8H2;1-6H2,(H2,7,8,9)(H2,10,11,12). The monoisotopic (exact) mass is 392 g/mol. The van der Waals surface area contributed by atoms with Crippen molar-refractivity contribution in [3.05, 3.63) is 0 Å². The summed E-state index contributed by atoms with van der Waals surface area (Å²) >= 11 is 0. The van der Waals surface area contributed by atoms with Crippen LogP contribution in [0.1, 0.15) is 25.7 Å². The number of nitrogens with one attached hydrogen (secondary N) is 2. The van der Waals surface area contributed by atoms with E-state index in [0.717, 1.165) is 26.2 Å². The van der Waals surface area contributed by atoms with Crippen molar-refractivity contribution >= 4 is 15.2 Å². The molecule has 0 aromatic carbocycles. The molecule has 0 atom stereocenters. The summed E-state index contributed by atoms with van der Waals surface area (Å²) in [6.45, 7) is 5.14. The lowest BCUT2D eigenvalue weighted by atomic mass is 10.2. The van der Waals surface area contributed by atoms with Crippen LogP contribution in [0.5, 0.6) is 0 Å². The van der Waals surface area contributed by atoms with Gasteiger partial charge in [-0.05, 0) is 12.8 Å². The minimum Gasteiger partial charge on any atom is -0.329 e. The molecule has 0 aromatic rings. The lowest BCUT2D eigenvalue weighted by Crippen LogP contribution is -2.32. The van der Waals surface area contributed by atoms with E-state index in [0.29, 0.717) is 38.8 Å². The van der Waals surface area contributed by atoms with E-state index >= 15 is 0 Å². The van der Waals surface area contributed by atoms with E-state index in [-0.39, 0.29) is 12.3 Å². The zero-order chi connectivity index (χ0) is 18.9. The Labute approximate surface area is 144 Å². The van der Waals surface area contributed by atoms with Crippen LogP contribution in [0.4, 0.5) is 0 Å². The zero-order valence-corrected chi connectivity index (χ0v) is 15.9. The molecule has 10 N–H and O–H groups in total. The molecule has 0 fully saturated rings. The Morgan fingerprint density at radius 3 is 1.21 bits per heavy atom. The molecular weight excluding hydrogens is 358 g/mol. The summed E-state index contributed by atoms with van der Waals surface area (Å²) in [7, 11) is -7.80. The van der Waals surface area contributed by atoms with Gasteiger partial charge < -0.3 is 41.7 Å². The molecule has 0 heterocycles. The summed E-state index contributed by atoms with van der Waals surface area (Å²) in [4.78, 5) is 34.0. The number of hydrogen-bond acceptors (Lipinski definition) is 6. The molecule has 0 radical (unpaired) electrons. The fourth-order valence-electron chi connectivity index (χ4n) is 1.62. The number of hydrogen-bond donors (Lipinski definition) is 8. The van der Waals surface area contributed by atoms with Crippen LogP contribution in [0.25, 0.3) is 0 Å². The molecule has 12 heteroatoms. The van der Waals surface area contributed by atoms with Crippen LogP contribution in [-0.2, 0) is 9.13 Å². The van der Waals surface area contributed by atoms with E-state index in [2.05, 4.69) is 10.6 Å². The molecule has 0 rings (SSSR count). The Morgan fingerprint density at radius 1 is 0.625 bits per heavy atom. The summed E-state index contributed by atoms with van der Waals surface area (Å²) < 4.78 is 20.8. The van der Waals surface area contributed by atoms with Gasteiger partial charge in [0, 0.05) is 51.6 Å². The fraction of sp³-hybridized carbons (Fsp3) is 1.00. The molecule has 0 amide bonds. The van der Waals surface area contributed by atoms with Gasteiger partial charge in [-0.15, -0.1) is 0 Å². The number of rotatable bonds is 14. The van der Waals surface area contributed by atoms with Crippen LogP contribution in [-0.4, -0.2) is 71.2 Å². The molecule has 0 aliphatic heterocycles. The highest BCUT2D eigenvalue weighted by Gasteiger charge is 2.13. The number of nitrogens with two attached hydrogens (primary N) is 2. The van der Waals surface area contributed by atoms with E-state index in [1.807, 2.05) is 0 Å². The van der Waals surface area contributed by atoms with Gasteiger partial charge in [0.05, 0.1) is 0 Å². The smallest absolute Gasteiger partial charge is 0.325 e. The Hall–Kier alpha value is 0.140. The minimum atomic E-state index is -3.90. The Balaban J connectivity index is 0. The maximum atomic E-state index is 10.4. The SMILES string of the molecule is NCCNCCNCCN.O=P(O)(O)CCCCCCP(=O)(O)O. The average molecular weight is 392 g/mol. The first-order chi connectivity index (χ1) is 11.1. The van der Waals surface area contributed by atoms with Gasteiger partial charge >= 0.3 is 15.2 Å². The number of unbranched alkanes of at least 4 members (excludes halogenated alkanes) is 3. The molecule has 0 saturated carbocycles. The van der Waals surface area contributed by atoms with E-state index in [1.165, 1.54) is 0 Å². The first-order valence-electron chi connectivity index (χ1n) is 8.03. The average Bonchev–Trinajstić information content (AvgIpc) is 2.45. The van der Waals surface area contributed by atoms with Crippen LogP contribution in [0.15, 0.2) is 0 Å². The molecule has 0 aromatic heterocycles. The Bertz CT molecular complexity index is 329. The molecule has 0 unspecified atom stereocenters. The van der Waals surface area contributed by atoms with Crippen molar-refractivity contribution in [3.63, 3.8) is 0 Å². The Morgan fingerprint density at radius 2 is 0.958 bits per heavy atom. The van der Waals surface area contributed by atoms with E-state index < -0.39 is 15.2 Å².